The summed E-state index contributed by atoms with van der Waals surface area (Å²) >= 11 is 0. The Labute approximate surface area is 418 Å². The second kappa shape index (κ2) is 25.8. The molecule has 2 heterocycles. The van der Waals surface area contributed by atoms with Gasteiger partial charge in [0.1, 0.15) is 0 Å². The Kier molecular flexibility index (Phi) is 20.3. The van der Waals surface area contributed by atoms with E-state index in [4.69, 9.17) is 10.7 Å². The number of nitrogens with zero attached hydrogens (tertiary/aromatic N) is 4. The minimum atomic E-state index is -0.937. The number of likely N-dealkylation sites (N-methyl/N-ethyl adjacent to an activating group) is 2. The summed E-state index contributed by atoms with van der Waals surface area (Å²) in [5.74, 6) is 0.449. The summed E-state index contributed by atoms with van der Waals surface area (Å²) in [4.78, 5) is 63.1. The highest BCUT2D eigenvalue weighted by Crippen LogP contribution is 2.44. The monoisotopic (exact) mass is 953 g/mol. The molecule has 0 unspecified atom stereocenters. The molecule has 0 aromatic heterocycles. The average Bonchev–Trinajstić information content (AvgIpc) is 4.03. The van der Waals surface area contributed by atoms with Gasteiger partial charge in [-0.25, -0.2) is 4.99 Å². The molecule has 70 heavy (non-hydrogen) atoms. The third kappa shape index (κ3) is 13.7. The largest absolute Gasteiger partial charge is 0.481 e. The van der Waals surface area contributed by atoms with Crippen LogP contribution in [-0.4, -0.2) is 66.6 Å². The van der Waals surface area contributed by atoms with Crippen LogP contribution in [0.3, 0.4) is 0 Å². The van der Waals surface area contributed by atoms with Crippen molar-refractivity contribution >= 4 is 46.5 Å². The number of rotatable bonds is 15. The van der Waals surface area contributed by atoms with E-state index in [2.05, 4.69) is 38.0 Å². The number of carbonyl (C=O) groups is 4. The number of benzodiazepines with no additional fused rings is 2. The van der Waals surface area contributed by atoms with Crippen LogP contribution in [0, 0.1) is 22.7 Å². The van der Waals surface area contributed by atoms with E-state index in [9.17, 15) is 24.3 Å². The number of carboxylic acids is 1. The summed E-state index contributed by atoms with van der Waals surface area (Å²) in [5.41, 5.74) is 12.0. The first-order valence-corrected chi connectivity index (χ1v) is 25.5. The van der Waals surface area contributed by atoms with Crippen molar-refractivity contribution in [2.75, 3.05) is 23.9 Å². The van der Waals surface area contributed by atoms with Crippen LogP contribution >= 0.6 is 0 Å². The van der Waals surface area contributed by atoms with Gasteiger partial charge in [0, 0.05) is 41.8 Å². The van der Waals surface area contributed by atoms with Crippen LogP contribution in [0.1, 0.15) is 160 Å². The normalized spacial score (nSPS) is 18.9. The maximum atomic E-state index is 13.7. The Morgan fingerprint density at radius 3 is 1.47 bits per heavy atom. The molecule has 0 spiro atoms. The molecule has 0 bridgehead atoms. The lowest BCUT2D eigenvalue weighted by molar-refractivity contribution is -0.149. The number of nitrogens with one attached hydrogen (secondary N) is 1. The van der Waals surface area contributed by atoms with Crippen LogP contribution in [-0.2, 0) is 19.2 Å². The van der Waals surface area contributed by atoms with Crippen LogP contribution < -0.4 is 20.9 Å². The molecule has 4 aromatic rings. The highest BCUT2D eigenvalue weighted by atomic mass is 16.4. The van der Waals surface area contributed by atoms with E-state index in [1.165, 1.54) is 19.3 Å². The molecule has 2 saturated carbocycles. The van der Waals surface area contributed by atoms with Gasteiger partial charge in [0.25, 0.3) is 11.8 Å². The van der Waals surface area contributed by atoms with Crippen molar-refractivity contribution in [3.8, 4) is 0 Å². The van der Waals surface area contributed by atoms with E-state index in [-0.39, 0.29) is 36.0 Å². The lowest BCUT2D eigenvalue weighted by Gasteiger charge is -2.30. The molecule has 11 nitrogen and oxygen atoms in total. The van der Waals surface area contributed by atoms with Crippen LogP contribution in [0.15, 0.2) is 119 Å². The van der Waals surface area contributed by atoms with Gasteiger partial charge in [0.2, 0.25) is 12.1 Å². The number of carboxylic acid groups (broad SMARTS) is 1. The zero-order valence-electron chi connectivity index (χ0n) is 42.0. The molecule has 376 valence electrons. The van der Waals surface area contributed by atoms with E-state index in [1.54, 1.807) is 23.9 Å². The molecule has 2 fully saturated rings. The van der Waals surface area contributed by atoms with Crippen molar-refractivity contribution in [3.05, 3.63) is 131 Å². The van der Waals surface area contributed by atoms with Gasteiger partial charge in [0.05, 0.1) is 28.2 Å². The zero-order chi connectivity index (χ0) is 49.6. The summed E-state index contributed by atoms with van der Waals surface area (Å²) in [6, 6.07) is 35.2. The van der Waals surface area contributed by atoms with E-state index in [1.807, 2.05) is 109 Å². The molecule has 2 aliphatic carbocycles. The second-order valence-corrected chi connectivity index (χ2v) is 20.4. The number of unbranched alkanes of at least 4 members (excludes halogenated alkanes) is 2. The van der Waals surface area contributed by atoms with Crippen molar-refractivity contribution in [1.29, 1.82) is 0 Å². The van der Waals surface area contributed by atoms with Gasteiger partial charge in [0.15, 0.2) is 6.17 Å². The second-order valence-electron chi connectivity index (χ2n) is 20.4. The molecular weight excluding hydrogens is 873 g/mol. The first-order chi connectivity index (χ1) is 33.2. The molecule has 4 N–H and O–H groups in total. The molecule has 2 atom stereocenters. The van der Waals surface area contributed by atoms with Gasteiger partial charge in [-0.15, -0.1) is 0 Å². The van der Waals surface area contributed by atoms with Crippen LogP contribution in [0.5, 0.6) is 0 Å². The minimum absolute atomic E-state index is 0. The highest BCUT2D eigenvalue weighted by Gasteiger charge is 2.43. The summed E-state index contributed by atoms with van der Waals surface area (Å²) < 4.78 is 0. The molecule has 8 rings (SSSR count). The van der Waals surface area contributed by atoms with Crippen molar-refractivity contribution in [2.24, 2.45) is 38.4 Å². The maximum Gasteiger partial charge on any atom is 0.309 e. The third-order valence-corrected chi connectivity index (χ3v) is 14.5. The molecular formula is C59H80N6O5. The van der Waals surface area contributed by atoms with Gasteiger partial charge in [-0.3, -0.25) is 24.2 Å². The maximum absolute atomic E-state index is 13.7. The van der Waals surface area contributed by atoms with Crippen molar-refractivity contribution in [1.82, 2.24) is 5.32 Å². The number of aliphatic imine (C=N–C) groups is 2. The number of amides is 3. The number of aliphatic carboxylic acids is 1. The van der Waals surface area contributed by atoms with Crippen molar-refractivity contribution < 1.29 is 24.3 Å². The Hall–Kier alpha value is -5.94. The van der Waals surface area contributed by atoms with Crippen LogP contribution in [0.2, 0.25) is 0 Å². The Morgan fingerprint density at radius 1 is 0.614 bits per heavy atom. The third-order valence-electron chi connectivity index (χ3n) is 14.5. The molecule has 4 aliphatic rings. The number of nitrogens with two attached hydrogens (primary N) is 1. The van der Waals surface area contributed by atoms with Crippen molar-refractivity contribution in [2.45, 2.75) is 150 Å². The average molecular weight is 953 g/mol. The Morgan fingerprint density at radius 2 is 1.01 bits per heavy atom. The summed E-state index contributed by atoms with van der Waals surface area (Å²) in [6.07, 6.45) is 14.8. The SMILES string of the molecule is C.CC(C)CCCCC1(C(=O)N[C@H]2N=C(c3ccccc3)c3ccccc3N(C)C2=O)CCCC1.CC(C)CCCCC1(C(=O)O)CCCC1.CN1C(=O)[C@@H](N)N=C(c2ccccc2)c2ccccc21. The van der Waals surface area contributed by atoms with E-state index < -0.39 is 18.3 Å². The fraction of sp³-hybridized carbons (Fsp3) is 0.492. The fourth-order valence-electron chi connectivity index (χ4n) is 10.4. The van der Waals surface area contributed by atoms with E-state index in [0.29, 0.717) is 5.92 Å². The smallest absolute Gasteiger partial charge is 0.309 e. The van der Waals surface area contributed by atoms with Gasteiger partial charge in [-0.05, 0) is 62.5 Å². The Balaban J connectivity index is 0.000000215. The number of hydrogen-bond acceptors (Lipinski definition) is 7. The molecule has 11 heteroatoms. The number of fused-ring (bicyclic) bond motifs is 2. The predicted octanol–water partition coefficient (Wildman–Crippen LogP) is 12.0. The minimum Gasteiger partial charge on any atom is -0.481 e. The molecule has 3 amide bonds. The number of carbonyl (C=O) groups excluding carboxylic acids is 3. The molecule has 0 saturated heterocycles. The van der Waals surface area contributed by atoms with Crippen molar-refractivity contribution in [3.63, 3.8) is 0 Å². The first kappa shape index (κ1) is 55.0. The molecule has 4 aromatic carbocycles. The van der Waals surface area contributed by atoms with E-state index in [0.717, 1.165) is 134 Å². The number of hydrogen-bond donors (Lipinski definition) is 3. The van der Waals surface area contributed by atoms with Crippen LogP contribution in [0.4, 0.5) is 11.4 Å². The lowest BCUT2D eigenvalue weighted by atomic mass is 9.79. The van der Waals surface area contributed by atoms with Gasteiger partial charge in [-0.1, -0.05) is 196 Å². The zero-order valence-corrected chi connectivity index (χ0v) is 42.0. The van der Waals surface area contributed by atoms with Gasteiger partial charge in [-0.2, -0.15) is 0 Å². The van der Waals surface area contributed by atoms with E-state index >= 15 is 0 Å². The summed E-state index contributed by atoms with van der Waals surface area (Å²) in [6.45, 7) is 8.93. The fourth-order valence-corrected chi connectivity index (χ4v) is 10.4. The Bertz CT molecular complexity index is 2400. The molecule has 2 aliphatic heterocycles. The lowest BCUT2D eigenvalue weighted by Crippen LogP contribution is -2.50. The predicted molar refractivity (Wildman–Crippen MR) is 287 cm³/mol. The number of benzene rings is 4. The summed E-state index contributed by atoms with van der Waals surface area (Å²) in [5, 5.41) is 12.4. The number of anilines is 2. The standard InChI is InChI=1S/C29H37N3O2.C16H15N3O.C13H24O2.CH4/c1-21(2)13-9-10-18-29(19-11-12-20-29)28(34)31-26-27(33)32(3)24-17-8-7-16-23(24)25(30-26)22-14-5-4-6-15-22;1-19-13-10-6-5-9-12(13)14(18-15(17)16(19)20)11-7-3-2-4-8-11;1-11(2)7-3-4-8-13(12(14)15)9-5-6-10-13;/h4-8,14-17,21,26H,9-13,18-20H2,1-3H3,(H,31,34);2-10,15H,17H2,1H3;11H,3-10H2,1-2H3,(H,14,15);1H4/t26-;15-;;/m10../s1. The van der Waals surface area contributed by atoms with Gasteiger partial charge >= 0.3 is 5.97 Å². The quantitative estimate of drug-likeness (QED) is 0.101. The molecule has 0 radical (unpaired) electrons. The highest BCUT2D eigenvalue weighted by molar-refractivity contribution is 6.21. The number of para-hydroxylation sites is 2. The first-order valence-electron chi connectivity index (χ1n) is 25.5. The van der Waals surface area contributed by atoms with Gasteiger partial charge < -0.3 is 26.0 Å². The van der Waals surface area contributed by atoms with Crippen LogP contribution in [0.25, 0.3) is 0 Å². The topological polar surface area (TPSA) is 158 Å². The summed E-state index contributed by atoms with van der Waals surface area (Å²) in [7, 11) is 3.49.